The van der Waals surface area contributed by atoms with E-state index in [4.69, 9.17) is 9.47 Å². The number of amides is 2. The molecule has 7 heteroatoms. The average molecular weight is 480 g/mol. The molecule has 0 bridgehead atoms. The van der Waals surface area contributed by atoms with Gasteiger partial charge in [0.15, 0.2) is 0 Å². The number of carbonyl (C=O) groups is 2. The highest BCUT2D eigenvalue weighted by Gasteiger charge is 2.32. The summed E-state index contributed by atoms with van der Waals surface area (Å²) in [6, 6.07) is 16.4. The maximum atomic E-state index is 13.2. The molecule has 1 N–H and O–H groups in total. The standard InChI is InChI=1S/C28H37N3O4/c1-34-25-14-21(15-26(17-25)35-2)18-30-19-23(22-8-4-3-5-9-22)16-24(20-30)28(33)29-11-7-13-31-12-6-10-27(31)32/h3-5,8-9,14-15,17,23-24H,6-7,10-13,16,18-20H2,1-2H3,(H,29,33). The Balaban J connectivity index is 1.40. The fourth-order valence-corrected chi connectivity index (χ4v) is 5.26. The molecule has 2 fully saturated rings. The number of benzene rings is 2. The van der Waals surface area contributed by atoms with Crippen molar-refractivity contribution in [3.8, 4) is 11.5 Å². The Bertz CT molecular complexity index is 975. The first-order valence-electron chi connectivity index (χ1n) is 12.6. The van der Waals surface area contributed by atoms with Crippen LogP contribution in [0.3, 0.4) is 0 Å². The van der Waals surface area contributed by atoms with Gasteiger partial charge in [-0.2, -0.15) is 0 Å². The molecule has 0 spiro atoms. The number of hydrogen-bond donors (Lipinski definition) is 1. The molecule has 2 aromatic carbocycles. The number of ether oxygens (including phenoxy) is 2. The Labute approximate surface area is 208 Å². The number of nitrogens with one attached hydrogen (secondary N) is 1. The van der Waals surface area contributed by atoms with E-state index in [1.807, 2.05) is 29.2 Å². The van der Waals surface area contributed by atoms with Crippen LogP contribution in [0, 0.1) is 5.92 Å². The molecular formula is C28H37N3O4. The molecule has 2 aromatic rings. The van der Waals surface area contributed by atoms with Gasteiger partial charge >= 0.3 is 0 Å². The Hall–Kier alpha value is -3.06. The van der Waals surface area contributed by atoms with E-state index < -0.39 is 0 Å². The minimum absolute atomic E-state index is 0.0881. The maximum absolute atomic E-state index is 13.2. The molecular weight excluding hydrogens is 442 g/mol. The van der Waals surface area contributed by atoms with Crippen LogP contribution in [0.4, 0.5) is 0 Å². The van der Waals surface area contributed by atoms with E-state index in [9.17, 15) is 9.59 Å². The molecule has 2 saturated heterocycles. The van der Waals surface area contributed by atoms with Gasteiger partial charge in [-0.05, 0) is 48.4 Å². The third-order valence-corrected chi connectivity index (χ3v) is 7.06. The number of carbonyl (C=O) groups excluding carboxylic acids is 2. The average Bonchev–Trinajstić information content (AvgIpc) is 3.30. The third kappa shape index (κ3) is 6.75. The van der Waals surface area contributed by atoms with Gasteiger partial charge in [0.2, 0.25) is 11.8 Å². The summed E-state index contributed by atoms with van der Waals surface area (Å²) in [6.07, 6.45) is 3.23. The van der Waals surface area contributed by atoms with Crippen LogP contribution in [-0.4, -0.2) is 68.6 Å². The predicted octanol–water partition coefficient (Wildman–Crippen LogP) is 3.44. The summed E-state index contributed by atoms with van der Waals surface area (Å²) in [4.78, 5) is 29.2. The van der Waals surface area contributed by atoms with Crippen molar-refractivity contribution in [2.45, 2.75) is 38.1 Å². The Morgan fingerprint density at radius 1 is 1.06 bits per heavy atom. The van der Waals surface area contributed by atoms with Crippen molar-refractivity contribution in [2.24, 2.45) is 5.92 Å². The van der Waals surface area contributed by atoms with Crippen LogP contribution in [0.5, 0.6) is 11.5 Å². The molecule has 35 heavy (non-hydrogen) atoms. The number of piperidine rings is 1. The van der Waals surface area contributed by atoms with Gasteiger partial charge in [-0.25, -0.2) is 0 Å². The summed E-state index contributed by atoms with van der Waals surface area (Å²) in [5.41, 5.74) is 2.37. The number of rotatable bonds is 10. The molecule has 2 amide bonds. The second-order valence-electron chi connectivity index (χ2n) is 9.58. The lowest BCUT2D eigenvalue weighted by Gasteiger charge is -2.37. The number of methoxy groups -OCH3 is 2. The largest absolute Gasteiger partial charge is 0.497 e. The van der Waals surface area contributed by atoms with E-state index in [1.54, 1.807) is 14.2 Å². The number of nitrogens with zero attached hydrogens (tertiary/aromatic N) is 2. The van der Waals surface area contributed by atoms with E-state index in [0.717, 1.165) is 62.5 Å². The minimum Gasteiger partial charge on any atom is -0.497 e. The van der Waals surface area contributed by atoms with Gasteiger partial charge < -0.3 is 19.7 Å². The first kappa shape index (κ1) is 25.0. The molecule has 2 heterocycles. The lowest BCUT2D eigenvalue weighted by molar-refractivity contribution is -0.127. The van der Waals surface area contributed by atoms with Gasteiger partial charge in [-0.1, -0.05) is 30.3 Å². The molecule has 0 aromatic heterocycles. The van der Waals surface area contributed by atoms with Gasteiger partial charge in [-0.15, -0.1) is 0 Å². The Morgan fingerprint density at radius 3 is 2.46 bits per heavy atom. The second kappa shape index (κ2) is 12.1. The summed E-state index contributed by atoms with van der Waals surface area (Å²) >= 11 is 0. The summed E-state index contributed by atoms with van der Waals surface area (Å²) in [6.45, 7) is 4.49. The minimum atomic E-state index is -0.0881. The second-order valence-corrected chi connectivity index (χ2v) is 9.58. The van der Waals surface area contributed by atoms with Crippen molar-refractivity contribution in [3.63, 3.8) is 0 Å². The first-order chi connectivity index (χ1) is 17.1. The lowest BCUT2D eigenvalue weighted by Crippen LogP contribution is -2.45. The molecule has 0 aliphatic carbocycles. The zero-order valence-corrected chi connectivity index (χ0v) is 20.9. The summed E-state index contributed by atoms with van der Waals surface area (Å²) < 4.78 is 10.9. The van der Waals surface area contributed by atoms with Gasteiger partial charge in [0.05, 0.1) is 20.1 Å². The smallest absolute Gasteiger partial charge is 0.224 e. The van der Waals surface area contributed by atoms with Crippen LogP contribution < -0.4 is 14.8 Å². The van der Waals surface area contributed by atoms with E-state index in [0.29, 0.717) is 19.5 Å². The molecule has 4 rings (SSSR count). The van der Waals surface area contributed by atoms with E-state index in [1.165, 1.54) is 5.56 Å². The molecule has 2 aliphatic rings. The van der Waals surface area contributed by atoms with E-state index in [2.05, 4.69) is 34.5 Å². The van der Waals surface area contributed by atoms with Gasteiger partial charge in [0.1, 0.15) is 11.5 Å². The van der Waals surface area contributed by atoms with Crippen molar-refractivity contribution >= 4 is 11.8 Å². The summed E-state index contributed by atoms with van der Waals surface area (Å²) in [5.74, 6) is 2.07. The molecule has 0 saturated carbocycles. The van der Waals surface area contributed by atoms with Crippen molar-refractivity contribution in [1.82, 2.24) is 15.1 Å². The van der Waals surface area contributed by atoms with Crippen molar-refractivity contribution in [1.29, 1.82) is 0 Å². The van der Waals surface area contributed by atoms with E-state index >= 15 is 0 Å². The highest BCUT2D eigenvalue weighted by molar-refractivity contribution is 5.79. The Kier molecular flexibility index (Phi) is 8.64. The quantitative estimate of drug-likeness (QED) is 0.529. The SMILES string of the molecule is COc1cc(CN2CC(C(=O)NCCCN3CCCC3=O)CC(c3ccccc3)C2)cc(OC)c1. The lowest BCUT2D eigenvalue weighted by atomic mass is 9.84. The van der Waals surface area contributed by atoms with Crippen LogP contribution in [0.25, 0.3) is 0 Å². The van der Waals surface area contributed by atoms with Crippen molar-refractivity contribution in [3.05, 3.63) is 59.7 Å². The fraction of sp³-hybridized carbons (Fsp3) is 0.500. The molecule has 2 unspecified atom stereocenters. The highest BCUT2D eigenvalue weighted by Crippen LogP contribution is 2.32. The van der Waals surface area contributed by atoms with Crippen molar-refractivity contribution < 1.29 is 19.1 Å². The van der Waals surface area contributed by atoms with Gasteiger partial charge in [-0.3, -0.25) is 14.5 Å². The topological polar surface area (TPSA) is 71.1 Å². The van der Waals surface area contributed by atoms with E-state index in [-0.39, 0.29) is 23.7 Å². The first-order valence-corrected chi connectivity index (χ1v) is 12.6. The molecule has 7 nitrogen and oxygen atoms in total. The molecule has 2 aliphatic heterocycles. The molecule has 0 radical (unpaired) electrons. The van der Waals surface area contributed by atoms with Gasteiger partial charge in [0.25, 0.3) is 0 Å². The normalized spacial score (nSPS) is 20.6. The molecule has 2 atom stereocenters. The monoisotopic (exact) mass is 479 g/mol. The van der Waals surface area contributed by atoms with Crippen LogP contribution >= 0.6 is 0 Å². The van der Waals surface area contributed by atoms with Crippen molar-refractivity contribution in [2.75, 3.05) is 46.9 Å². The zero-order valence-electron chi connectivity index (χ0n) is 20.9. The number of hydrogen-bond acceptors (Lipinski definition) is 5. The predicted molar refractivity (Wildman–Crippen MR) is 136 cm³/mol. The van der Waals surface area contributed by atoms with Crippen LogP contribution in [0.1, 0.15) is 42.7 Å². The zero-order chi connectivity index (χ0) is 24.6. The van der Waals surface area contributed by atoms with Crippen LogP contribution in [-0.2, 0) is 16.1 Å². The van der Waals surface area contributed by atoms with Crippen LogP contribution in [0.2, 0.25) is 0 Å². The summed E-state index contributed by atoms with van der Waals surface area (Å²) in [5, 5.41) is 3.14. The summed E-state index contributed by atoms with van der Waals surface area (Å²) in [7, 11) is 3.32. The van der Waals surface area contributed by atoms with Gasteiger partial charge in [0, 0.05) is 51.8 Å². The fourth-order valence-electron chi connectivity index (χ4n) is 5.26. The Morgan fingerprint density at radius 2 is 1.80 bits per heavy atom. The highest BCUT2D eigenvalue weighted by atomic mass is 16.5. The third-order valence-electron chi connectivity index (χ3n) is 7.06. The number of likely N-dealkylation sites (tertiary alicyclic amines) is 2. The van der Waals surface area contributed by atoms with Crippen LogP contribution in [0.15, 0.2) is 48.5 Å². The molecule has 188 valence electrons. The maximum Gasteiger partial charge on any atom is 0.224 e.